The summed E-state index contributed by atoms with van der Waals surface area (Å²) in [5.41, 5.74) is 4.09. The molecule has 1 aromatic rings. The Morgan fingerprint density at radius 3 is 2.35 bits per heavy atom. The van der Waals surface area contributed by atoms with Gasteiger partial charge in [-0.1, -0.05) is 51.5 Å². The zero-order valence-electron chi connectivity index (χ0n) is 14.2. The number of methoxy groups -OCH3 is 1. The van der Waals surface area contributed by atoms with Crippen LogP contribution in [-0.2, 0) is 4.74 Å². The first-order valence-corrected chi connectivity index (χ1v) is 7.64. The lowest BCUT2D eigenvalue weighted by molar-refractivity contribution is -0.0120. The molecule has 0 fully saturated rings. The van der Waals surface area contributed by atoms with E-state index in [1.165, 1.54) is 16.7 Å². The van der Waals surface area contributed by atoms with Crippen molar-refractivity contribution in [3.8, 4) is 0 Å². The van der Waals surface area contributed by atoms with Gasteiger partial charge in [0.1, 0.15) is 0 Å². The molecule has 0 amide bonds. The highest BCUT2D eigenvalue weighted by Gasteiger charge is 2.33. The lowest BCUT2D eigenvalue weighted by Crippen LogP contribution is -2.42. The average Bonchev–Trinajstić information content (AvgIpc) is 2.36. The molecule has 0 aliphatic heterocycles. The highest BCUT2D eigenvalue weighted by atomic mass is 16.5. The van der Waals surface area contributed by atoms with Crippen molar-refractivity contribution < 1.29 is 4.74 Å². The smallest absolute Gasteiger partial charge is 0.0814 e. The van der Waals surface area contributed by atoms with Crippen LogP contribution in [0.15, 0.2) is 18.2 Å². The van der Waals surface area contributed by atoms with Gasteiger partial charge >= 0.3 is 0 Å². The van der Waals surface area contributed by atoms with E-state index >= 15 is 0 Å². The van der Waals surface area contributed by atoms with E-state index in [4.69, 9.17) is 4.74 Å². The molecule has 114 valence electrons. The van der Waals surface area contributed by atoms with Crippen LogP contribution >= 0.6 is 0 Å². The fourth-order valence-electron chi connectivity index (χ4n) is 2.76. The Morgan fingerprint density at radius 1 is 1.20 bits per heavy atom. The molecule has 0 spiro atoms. The van der Waals surface area contributed by atoms with Crippen LogP contribution in [0.4, 0.5) is 0 Å². The quantitative estimate of drug-likeness (QED) is 0.832. The first kappa shape index (κ1) is 17.2. The predicted molar refractivity (Wildman–Crippen MR) is 87.2 cm³/mol. The van der Waals surface area contributed by atoms with E-state index in [0.717, 1.165) is 13.0 Å². The predicted octanol–water partition coefficient (Wildman–Crippen LogP) is 4.41. The number of rotatable bonds is 6. The van der Waals surface area contributed by atoms with E-state index < -0.39 is 0 Å². The molecule has 0 saturated carbocycles. The van der Waals surface area contributed by atoms with Crippen LogP contribution in [-0.4, -0.2) is 19.8 Å². The summed E-state index contributed by atoms with van der Waals surface area (Å²) in [7, 11) is 1.82. The molecule has 0 heterocycles. The summed E-state index contributed by atoms with van der Waals surface area (Å²) in [5.74, 6) is 0. The molecule has 1 rings (SSSR count). The molecule has 20 heavy (non-hydrogen) atoms. The molecule has 0 aliphatic rings. The Morgan fingerprint density at radius 2 is 1.85 bits per heavy atom. The lowest BCUT2D eigenvalue weighted by atomic mass is 9.80. The van der Waals surface area contributed by atoms with E-state index in [1.54, 1.807) is 0 Å². The molecule has 2 heteroatoms. The van der Waals surface area contributed by atoms with Crippen LogP contribution < -0.4 is 5.32 Å². The molecule has 0 bridgehead atoms. The van der Waals surface area contributed by atoms with Gasteiger partial charge in [-0.05, 0) is 43.4 Å². The second-order valence-electron chi connectivity index (χ2n) is 6.81. The van der Waals surface area contributed by atoms with Gasteiger partial charge in [-0.2, -0.15) is 0 Å². The topological polar surface area (TPSA) is 21.3 Å². The maximum absolute atomic E-state index is 5.86. The molecule has 1 aromatic carbocycles. The van der Waals surface area contributed by atoms with Crippen molar-refractivity contribution in [1.29, 1.82) is 0 Å². The van der Waals surface area contributed by atoms with Crippen molar-refractivity contribution in [3.05, 3.63) is 34.9 Å². The first-order valence-electron chi connectivity index (χ1n) is 7.64. The van der Waals surface area contributed by atoms with Crippen LogP contribution in [0.1, 0.15) is 56.8 Å². The van der Waals surface area contributed by atoms with E-state index in [0.29, 0.717) is 0 Å². The molecular weight excluding hydrogens is 246 g/mol. The van der Waals surface area contributed by atoms with Crippen molar-refractivity contribution in [2.75, 3.05) is 13.7 Å². The van der Waals surface area contributed by atoms with Gasteiger partial charge in [0.05, 0.1) is 12.1 Å². The van der Waals surface area contributed by atoms with Crippen molar-refractivity contribution in [2.45, 2.75) is 60.1 Å². The standard InChI is InChI=1S/C18H31NO/c1-8-11-19-16(17(20-7)18(4,5)6)15-12-13(2)9-10-14(15)3/h9-10,12,16-17,19H,8,11H2,1-7H3. The first-order chi connectivity index (χ1) is 9.31. The number of benzene rings is 1. The monoisotopic (exact) mass is 277 g/mol. The average molecular weight is 277 g/mol. The molecule has 1 N–H and O–H groups in total. The third-order valence-corrected chi connectivity index (χ3v) is 3.79. The maximum Gasteiger partial charge on any atom is 0.0814 e. The van der Waals surface area contributed by atoms with Gasteiger partial charge in [0, 0.05) is 7.11 Å². The summed E-state index contributed by atoms with van der Waals surface area (Å²) < 4.78 is 5.86. The van der Waals surface area contributed by atoms with E-state index in [2.05, 4.69) is 65.1 Å². The Labute approximate surface area is 124 Å². The lowest BCUT2D eigenvalue weighted by Gasteiger charge is -2.37. The number of aryl methyl sites for hydroxylation is 2. The van der Waals surface area contributed by atoms with Crippen LogP contribution in [0.25, 0.3) is 0 Å². The van der Waals surface area contributed by atoms with Crippen molar-refractivity contribution in [2.24, 2.45) is 5.41 Å². The summed E-state index contributed by atoms with van der Waals surface area (Å²) >= 11 is 0. The molecule has 0 aromatic heterocycles. The zero-order valence-corrected chi connectivity index (χ0v) is 14.2. The van der Waals surface area contributed by atoms with Gasteiger partial charge in [0.15, 0.2) is 0 Å². The van der Waals surface area contributed by atoms with Gasteiger partial charge in [-0.3, -0.25) is 0 Å². The van der Waals surface area contributed by atoms with E-state index in [1.807, 2.05) is 7.11 Å². The maximum atomic E-state index is 5.86. The van der Waals surface area contributed by atoms with Crippen LogP contribution in [0.2, 0.25) is 0 Å². The number of nitrogens with one attached hydrogen (secondary N) is 1. The molecule has 2 unspecified atom stereocenters. The van der Waals surface area contributed by atoms with Gasteiger partial charge < -0.3 is 10.1 Å². The largest absolute Gasteiger partial charge is 0.379 e. The fraction of sp³-hybridized carbons (Fsp3) is 0.667. The summed E-state index contributed by atoms with van der Waals surface area (Å²) in [4.78, 5) is 0. The Kier molecular flexibility index (Phi) is 6.22. The van der Waals surface area contributed by atoms with Crippen molar-refractivity contribution >= 4 is 0 Å². The Bertz CT molecular complexity index is 420. The summed E-state index contributed by atoms with van der Waals surface area (Å²) in [5, 5.41) is 3.69. The molecule has 0 aliphatic carbocycles. The highest BCUT2D eigenvalue weighted by molar-refractivity contribution is 5.34. The van der Waals surface area contributed by atoms with E-state index in [-0.39, 0.29) is 17.6 Å². The van der Waals surface area contributed by atoms with Crippen molar-refractivity contribution in [1.82, 2.24) is 5.32 Å². The third-order valence-electron chi connectivity index (χ3n) is 3.79. The van der Waals surface area contributed by atoms with Crippen molar-refractivity contribution in [3.63, 3.8) is 0 Å². The number of hydrogen-bond acceptors (Lipinski definition) is 2. The Hall–Kier alpha value is -0.860. The molecule has 2 nitrogen and oxygen atoms in total. The highest BCUT2D eigenvalue weighted by Crippen LogP contribution is 2.34. The van der Waals surface area contributed by atoms with Crippen LogP contribution in [0.5, 0.6) is 0 Å². The summed E-state index contributed by atoms with van der Waals surface area (Å²) in [6.45, 7) is 14.3. The van der Waals surface area contributed by atoms with Gasteiger partial charge in [0.25, 0.3) is 0 Å². The third kappa shape index (κ3) is 4.32. The fourth-order valence-corrected chi connectivity index (χ4v) is 2.76. The van der Waals surface area contributed by atoms with E-state index in [9.17, 15) is 0 Å². The number of hydrogen-bond donors (Lipinski definition) is 1. The minimum Gasteiger partial charge on any atom is -0.379 e. The normalized spacial score (nSPS) is 15.2. The minimum atomic E-state index is 0.0936. The minimum absolute atomic E-state index is 0.0936. The zero-order chi connectivity index (χ0) is 15.3. The Balaban J connectivity index is 3.19. The molecule has 2 atom stereocenters. The molecular formula is C18H31NO. The van der Waals surface area contributed by atoms with Crippen LogP contribution in [0.3, 0.4) is 0 Å². The van der Waals surface area contributed by atoms with Gasteiger partial charge in [-0.15, -0.1) is 0 Å². The molecule has 0 radical (unpaired) electrons. The summed E-state index contributed by atoms with van der Waals surface area (Å²) in [6.07, 6.45) is 1.27. The second-order valence-corrected chi connectivity index (χ2v) is 6.81. The van der Waals surface area contributed by atoms with Gasteiger partial charge in [-0.25, -0.2) is 0 Å². The van der Waals surface area contributed by atoms with Crippen LogP contribution in [0, 0.1) is 19.3 Å². The van der Waals surface area contributed by atoms with Gasteiger partial charge in [0.2, 0.25) is 0 Å². The summed E-state index contributed by atoms with van der Waals surface area (Å²) in [6, 6.07) is 6.91. The molecule has 0 saturated heterocycles. The SMILES string of the molecule is CCCNC(c1cc(C)ccc1C)C(OC)C(C)(C)C. The second kappa shape index (κ2) is 7.24. The number of ether oxygens (including phenoxy) is 1.